The molecule has 0 saturated heterocycles. The number of fused-ring (bicyclic) bond motifs is 1. The number of rotatable bonds is 9. The number of ether oxygens (including phenoxy) is 2. The fraction of sp³-hybridized carbons (Fsp3) is 0.571. The Morgan fingerprint density at radius 2 is 1.88 bits per heavy atom. The number of halogens is 5. The Labute approximate surface area is 246 Å². The highest BCUT2D eigenvalue weighted by atomic mass is 35.5. The molecule has 3 rings (SSSR count). The minimum Gasteiger partial charge on any atom is -0.448 e. The monoisotopic (exact) mass is 610 g/mol. The fourth-order valence-corrected chi connectivity index (χ4v) is 3.75. The number of allylic oxidation sites excluding steroid dienone is 1. The molecule has 0 radical (unpaired) electrons. The Kier molecular flexibility index (Phi) is 20.0. The van der Waals surface area contributed by atoms with Gasteiger partial charge in [0.2, 0.25) is 0 Å². The highest BCUT2D eigenvalue weighted by Crippen LogP contribution is 2.27. The van der Waals surface area contributed by atoms with E-state index in [-0.39, 0.29) is 12.6 Å². The predicted molar refractivity (Wildman–Crippen MR) is 158 cm³/mol. The number of hydrogen-bond donors (Lipinski definition) is 2. The van der Waals surface area contributed by atoms with Gasteiger partial charge in [-0.15, -0.1) is 19.8 Å². The molecule has 12 heteroatoms. The second-order valence-corrected chi connectivity index (χ2v) is 9.56. The van der Waals surface area contributed by atoms with Crippen LogP contribution in [0, 0.1) is 5.92 Å². The number of aromatic nitrogens is 2. The molecule has 7 nitrogen and oxygen atoms in total. The first kappa shape index (κ1) is 37.6. The number of alkyl halides is 3. The van der Waals surface area contributed by atoms with Gasteiger partial charge >= 0.3 is 12.5 Å². The average Bonchev–Trinajstić information content (AvgIpc) is 3.54. The second-order valence-electron chi connectivity index (χ2n) is 8.74. The molecule has 40 heavy (non-hydrogen) atoms. The molecule has 1 aromatic heterocycles. The maximum absolute atomic E-state index is 11.7. The van der Waals surface area contributed by atoms with Gasteiger partial charge in [0, 0.05) is 19.1 Å². The maximum Gasteiger partial charge on any atom is 0.572 e. The van der Waals surface area contributed by atoms with Crippen molar-refractivity contribution in [2.75, 3.05) is 19.7 Å². The number of hydrogen-bond acceptors (Lipinski definition) is 5. The van der Waals surface area contributed by atoms with Crippen LogP contribution in [0.5, 0.6) is 0 Å². The molecule has 0 aliphatic heterocycles. The first-order chi connectivity index (χ1) is 19.0. The molecule has 1 atom stereocenters. The van der Waals surface area contributed by atoms with E-state index >= 15 is 0 Å². The Hall–Kier alpha value is -2.43. The zero-order valence-corrected chi connectivity index (χ0v) is 25.5. The lowest BCUT2D eigenvalue weighted by Gasteiger charge is -2.14. The van der Waals surface area contributed by atoms with Crippen LogP contribution in [0.1, 0.15) is 60.3 Å². The molecule has 0 bridgehead atoms. The molecule has 0 unspecified atom stereocenters. The van der Waals surface area contributed by atoms with Gasteiger partial charge in [0.1, 0.15) is 6.61 Å². The number of imidazole rings is 1. The van der Waals surface area contributed by atoms with Gasteiger partial charge in [0.15, 0.2) is 0 Å². The van der Waals surface area contributed by atoms with Gasteiger partial charge < -0.3 is 24.7 Å². The topological polar surface area (TPSA) is 77.4 Å². The molecule has 2 N–H and O–H groups in total. The Morgan fingerprint density at radius 1 is 1.25 bits per heavy atom. The molecule has 1 saturated carbocycles. The van der Waals surface area contributed by atoms with Crippen molar-refractivity contribution >= 4 is 40.3 Å². The van der Waals surface area contributed by atoms with Gasteiger partial charge in [-0.05, 0) is 31.9 Å². The second kappa shape index (κ2) is 21.3. The van der Waals surface area contributed by atoms with Crippen molar-refractivity contribution in [1.29, 1.82) is 0 Å². The van der Waals surface area contributed by atoms with Crippen molar-refractivity contribution in [3.05, 3.63) is 53.5 Å². The average molecular weight is 612 g/mol. The van der Waals surface area contributed by atoms with Gasteiger partial charge in [-0.3, -0.25) is 0 Å². The smallest absolute Gasteiger partial charge is 0.448 e. The summed E-state index contributed by atoms with van der Waals surface area (Å²) >= 11 is 12.0. The van der Waals surface area contributed by atoms with E-state index in [1.807, 2.05) is 25.3 Å². The highest BCUT2D eigenvalue weighted by molar-refractivity contribution is 6.42. The normalized spacial score (nSPS) is 13.8. The van der Waals surface area contributed by atoms with E-state index in [1.165, 1.54) is 32.6 Å². The molecule has 1 aromatic carbocycles. The van der Waals surface area contributed by atoms with Crippen LogP contribution in [0.2, 0.25) is 10.0 Å². The lowest BCUT2D eigenvalue weighted by Crippen LogP contribution is -2.40. The van der Waals surface area contributed by atoms with Crippen molar-refractivity contribution < 1.29 is 27.4 Å². The number of nitrogens with zero attached hydrogens (tertiary/aromatic N) is 2. The summed E-state index contributed by atoms with van der Waals surface area (Å²) in [6.45, 7) is 15.3. The molecule has 1 fully saturated rings. The summed E-state index contributed by atoms with van der Waals surface area (Å²) < 4.78 is 43.2. The minimum absolute atomic E-state index is 0.0347. The van der Waals surface area contributed by atoms with E-state index in [4.69, 9.17) is 27.9 Å². The summed E-state index contributed by atoms with van der Waals surface area (Å²) in [5.41, 5.74) is 1.59. The van der Waals surface area contributed by atoms with Crippen LogP contribution < -0.4 is 10.6 Å². The van der Waals surface area contributed by atoms with Gasteiger partial charge in [-0.2, -0.15) is 0 Å². The third kappa shape index (κ3) is 17.3. The van der Waals surface area contributed by atoms with Gasteiger partial charge in [-0.25, -0.2) is 9.78 Å². The summed E-state index contributed by atoms with van der Waals surface area (Å²) in [7, 11) is 0. The van der Waals surface area contributed by atoms with Crippen LogP contribution in [0.25, 0.3) is 11.0 Å². The number of nitrogens with one attached hydrogen (secondary N) is 2. The predicted octanol–water partition coefficient (Wildman–Crippen LogP) is 8.51. The van der Waals surface area contributed by atoms with E-state index in [1.54, 1.807) is 24.5 Å². The largest absolute Gasteiger partial charge is 0.572 e. The van der Waals surface area contributed by atoms with Crippen LogP contribution in [0.3, 0.4) is 0 Å². The summed E-state index contributed by atoms with van der Waals surface area (Å²) in [6, 6.07) is 3.42. The molecular formula is C28H43Cl2F3N4O3. The maximum atomic E-state index is 11.7. The molecule has 2 aromatic rings. The number of amides is 1. The Morgan fingerprint density at radius 3 is 2.38 bits per heavy atom. The van der Waals surface area contributed by atoms with Crippen LogP contribution in [0.4, 0.5) is 18.0 Å². The third-order valence-corrected chi connectivity index (χ3v) is 6.04. The summed E-state index contributed by atoms with van der Waals surface area (Å²) in [5.74, 6) is 1.05. The SMILES string of the molecule is C/C=C\OC(F)(F)F.C=CCNC[C@H](C)NC(=O)OCCn1cnc2cc(Cl)c(Cl)cc21.CC.CC1CCCC1. The summed E-state index contributed by atoms with van der Waals surface area (Å²) in [5, 5.41) is 6.80. The standard InChI is InChI=1S/C16H20Cl2N4O2.C6H12.C4H5F3O.C2H6/c1-3-4-19-9-11(2)21-16(23)24-6-5-22-10-20-14-7-12(17)13(18)8-15(14)22;1-6-4-2-3-5-6;1-2-3-8-4(5,6)7;1-2/h3,7-8,10-11,19H,1,4-6,9H2,2H3,(H,21,23);6H,2-5H2,1H3;2-3H,1H3;1-2H3/b;;3-2-;/t11-;;;/m0.../s1. The Bertz CT molecular complexity index is 1010. The third-order valence-electron chi connectivity index (χ3n) is 5.31. The minimum atomic E-state index is -4.54. The first-order valence-corrected chi connectivity index (χ1v) is 14.1. The fourth-order valence-electron chi connectivity index (χ4n) is 3.44. The van der Waals surface area contributed by atoms with Crippen molar-refractivity contribution in [3.63, 3.8) is 0 Å². The van der Waals surface area contributed by atoms with E-state index in [2.05, 4.69) is 33.9 Å². The number of carbonyl (C=O) groups is 1. The number of benzene rings is 1. The van der Waals surface area contributed by atoms with E-state index < -0.39 is 12.5 Å². The molecule has 1 amide bonds. The molecule has 1 aliphatic rings. The quantitative estimate of drug-likeness (QED) is 0.169. The molecular weight excluding hydrogens is 568 g/mol. The van der Waals surface area contributed by atoms with Crippen molar-refractivity contribution in [1.82, 2.24) is 20.2 Å². The van der Waals surface area contributed by atoms with E-state index in [9.17, 15) is 18.0 Å². The highest BCUT2D eigenvalue weighted by Gasteiger charge is 2.28. The van der Waals surface area contributed by atoms with Crippen LogP contribution in [0.15, 0.2) is 43.5 Å². The lowest BCUT2D eigenvalue weighted by atomic mass is 10.2. The lowest BCUT2D eigenvalue weighted by molar-refractivity contribution is -0.298. The number of carbonyl (C=O) groups excluding carboxylic acids is 1. The molecule has 1 aliphatic carbocycles. The zero-order valence-electron chi connectivity index (χ0n) is 24.0. The van der Waals surface area contributed by atoms with E-state index in [0.29, 0.717) is 35.9 Å². The van der Waals surface area contributed by atoms with Gasteiger partial charge in [-0.1, -0.05) is 81.8 Å². The van der Waals surface area contributed by atoms with Crippen LogP contribution >= 0.6 is 23.2 Å². The van der Waals surface area contributed by atoms with Crippen LogP contribution in [-0.4, -0.2) is 47.7 Å². The van der Waals surface area contributed by atoms with Gasteiger partial charge in [0.25, 0.3) is 0 Å². The number of alkyl carbamates (subject to hydrolysis) is 1. The summed E-state index contributed by atoms with van der Waals surface area (Å²) in [4.78, 5) is 16.0. The summed E-state index contributed by atoms with van der Waals surface area (Å²) in [6.07, 6.45) is 6.14. The zero-order chi connectivity index (χ0) is 30.6. The van der Waals surface area contributed by atoms with Gasteiger partial charge in [0.05, 0.1) is 40.2 Å². The van der Waals surface area contributed by atoms with E-state index in [0.717, 1.165) is 23.0 Å². The molecule has 228 valence electrons. The van der Waals surface area contributed by atoms with Crippen molar-refractivity contribution in [3.8, 4) is 0 Å². The molecule has 1 heterocycles. The van der Waals surface area contributed by atoms with Crippen LogP contribution in [-0.2, 0) is 16.0 Å². The molecule has 0 spiro atoms. The van der Waals surface area contributed by atoms with Crippen molar-refractivity contribution in [2.45, 2.75) is 79.3 Å². The first-order valence-electron chi connectivity index (χ1n) is 13.4. The van der Waals surface area contributed by atoms with Crippen molar-refractivity contribution in [2.24, 2.45) is 5.92 Å². The Balaban J connectivity index is 0.000000774.